The van der Waals surface area contributed by atoms with Crippen LogP contribution in [0.4, 0.5) is 0 Å². The molecule has 0 aliphatic heterocycles. The van der Waals surface area contributed by atoms with Crippen LogP contribution in [0.25, 0.3) is 0 Å². The van der Waals surface area contributed by atoms with Crippen molar-refractivity contribution < 1.29 is 4.79 Å². The van der Waals surface area contributed by atoms with Gasteiger partial charge in [-0.15, -0.1) is 0 Å². The Kier molecular flexibility index (Phi) is 1.99. The lowest BCUT2D eigenvalue weighted by atomic mass is 9.95. The number of carbonyl (C=O) groups is 1. The van der Waals surface area contributed by atoms with Crippen LogP contribution in [0.3, 0.4) is 0 Å². The van der Waals surface area contributed by atoms with E-state index in [1.165, 1.54) is 12.7 Å². The molecule has 0 aromatic heterocycles. The van der Waals surface area contributed by atoms with E-state index >= 15 is 0 Å². The average molecular weight is 194 g/mol. The maximum atomic E-state index is 10.7. The van der Waals surface area contributed by atoms with E-state index in [4.69, 9.17) is 0 Å². The second kappa shape index (κ2) is 2.81. The van der Waals surface area contributed by atoms with Crippen molar-refractivity contribution in [2.24, 2.45) is 17.8 Å². The van der Waals surface area contributed by atoms with E-state index in [0.29, 0.717) is 11.8 Å². The molecule has 3 atom stereocenters. The minimum atomic E-state index is -1.07. The molecule has 1 nitrogen and oxygen atoms in total. The van der Waals surface area contributed by atoms with Crippen LogP contribution in [0.1, 0.15) is 12.8 Å². The molecule has 0 spiro atoms. The quantitative estimate of drug-likeness (QED) is 0.488. The Balaban J connectivity index is 2.21. The summed E-state index contributed by atoms with van der Waals surface area (Å²) in [5.74, 6) is 1.72. The molecule has 1 saturated carbocycles. The Morgan fingerprint density at radius 3 is 2.46 bits per heavy atom. The molecular weight excluding hydrogens is 176 g/mol. The summed E-state index contributed by atoms with van der Waals surface area (Å²) in [5.41, 5.74) is 0. The van der Waals surface area contributed by atoms with Crippen LogP contribution in [-0.2, 0) is 4.79 Å². The lowest BCUT2D eigenvalue weighted by Gasteiger charge is -2.26. The van der Waals surface area contributed by atoms with Gasteiger partial charge in [0.1, 0.15) is 6.29 Å². The van der Waals surface area contributed by atoms with Crippen molar-refractivity contribution in [3.63, 3.8) is 0 Å². The van der Waals surface area contributed by atoms with Crippen molar-refractivity contribution in [3.05, 3.63) is 11.3 Å². The van der Waals surface area contributed by atoms with E-state index in [0.717, 1.165) is 12.3 Å². The standard InChI is InChI=1S/C11H18OSi/c1-13(2,3)11-6-8-4-9(11)5-10(8)7-12/h6-10H,4-5H2,1-3H3. The molecule has 0 N–H and O–H groups in total. The number of hydrogen-bond acceptors (Lipinski definition) is 1. The Labute approximate surface area is 81.2 Å². The number of aldehydes is 1. The second-order valence-corrected chi connectivity index (χ2v) is 10.6. The van der Waals surface area contributed by atoms with Gasteiger partial charge >= 0.3 is 0 Å². The van der Waals surface area contributed by atoms with Gasteiger partial charge in [-0.25, -0.2) is 0 Å². The third kappa shape index (κ3) is 1.41. The van der Waals surface area contributed by atoms with Crippen LogP contribution >= 0.6 is 0 Å². The molecule has 0 radical (unpaired) electrons. The van der Waals surface area contributed by atoms with Gasteiger partial charge in [0, 0.05) is 5.92 Å². The fourth-order valence-corrected chi connectivity index (χ4v) is 5.11. The van der Waals surface area contributed by atoms with Gasteiger partial charge in [-0.3, -0.25) is 0 Å². The van der Waals surface area contributed by atoms with E-state index < -0.39 is 8.07 Å². The zero-order chi connectivity index (χ0) is 9.64. The van der Waals surface area contributed by atoms with Crippen LogP contribution in [-0.4, -0.2) is 14.4 Å². The number of fused-ring (bicyclic) bond motifs is 2. The summed E-state index contributed by atoms with van der Waals surface area (Å²) in [5, 5.41) is 1.73. The molecule has 2 aliphatic rings. The Morgan fingerprint density at radius 1 is 1.38 bits per heavy atom. The molecule has 2 bridgehead atoms. The van der Waals surface area contributed by atoms with E-state index in [-0.39, 0.29) is 0 Å². The minimum Gasteiger partial charge on any atom is -0.303 e. The van der Waals surface area contributed by atoms with Crippen molar-refractivity contribution >= 4 is 14.4 Å². The molecule has 0 saturated heterocycles. The van der Waals surface area contributed by atoms with Crippen LogP contribution in [0.2, 0.25) is 19.6 Å². The largest absolute Gasteiger partial charge is 0.303 e. The molecular formula is C11H18OSi. The van der Waals surface area contributed by atoms with E-state index in [1.807, 2.05) is 0 Å². The topological polar surface area (TPSA) is 17.1 Å². The number of carbonyl (C=O) groups excluding carboxylic acids is 1. The zero-order valence-electron chi connectivity index (χ0n) is 8.71. The van der Waals surface area contributed by atoms with Gasteiger partial charge in [0.25, 0.3) is 0 Å². The minimum absolute atomic E-state index is 0.352. The summed E-state index contributed by atoms with van der Waals surface area (Å²) in [7, 11) is -1.07. The highest BCUT2D eigenvalue weighted by Gasteiger charge is 2.43. The highest BCUT2D eigenvalue weighted by atomic mass is 28.3. The molecule has 3 unspecified atom stereocenters. The summed E-state index contributed by atoms with van der Waals surface area (Å²) in [4.78, 5) is 10.7. The average Bonchev–Trinajstić information content (AvgIpc) is 2.59. The van der Waals surface area contributed by atoms with Gasteiger partial charge in [-0.1, -0.05) is 30.9 Å². The summed E-state index contributed by atoms with van der Waals surface area (Å²) in [6.07, 6.45) is 6.01. The highest BCUT2D eigenvalue weighted by molar-refractivity contribution is 6.83. The van der Waals surface area contributed by atoms with Gasteiger partial charge in [-0.2, -0.15) is 0 Å². The lowest BCUT2D eigenvalue weighted by molar-refractivity contribution is -0.111. The summed E-state index contributed by atoms with van der Waals surface area (Å²) in [6, 6.07) is 0. The Bertz CT molecular complexity index is 262. The third-order valence-electron chi connectivity index (χ3n) is 3.54. The monoisotopic (exact) mass is 194 g/mol. The van der Waals surface area contributed by atoms with Crippen molar-refractivity contribution in [3.8, 4) is 0 Å². The number of hydrogen-bond donors (Lipinski definition) is 0. The fourth-order valence-electron chi connectivity index (χ4n) is 2.93. The van der Waals surface area contributed by atoms with Crippen LogP contribution < -0.4 is 0 Å². The third-order valence-corrected chi connectivity index (χ3v) is 5.84. The molecule has 2 heteroatoms. The summed E-state index contributed by atoms with van der Waals surface area (Å²) in [6.45, 7) is 7.24. The van der Waals surface area contributed by atoms with Gasteiger partial charge in [0.2, 0.25) is 0 Å². The maximum Gasteiger partial charge on any atom is 0.123 e. The zero-order valence-corrected chi connectivity index (χ0v) is 9.71. The molecule has 0 aromatic rings. The molecule has 0 amide bonds. The second-order valence-electron chi connectivity index (χ2n) is 5.50. The molecule has 13 heavy (non-hydrogen) atoms. The van der Waals surface area contributed by atoms with Gasteiger partial charge in [0.15, 0.2) is 0 Å². The highest BCUT2D eigenvalue weighted by Crippen LogP contribution is 2.49. The fraction of sp³-hybridized carbons (Fsp3) is 0.727. The smallest absolute Gasteiger partial charge is 0.123 e. The predicted molar refractivity (Wildman–Crippen MR) is 57.2 cm³/mol. The molecule has 2 aliphatic carbocycles. The molecule has 1 fully saturated rings. The molecule has 2 rings (SSSR count). The first-order valence-electron chi connectivity index (χ1n) is 5.20. The van der Waals surface area contributed by atoms with Gasteiger partial charge < -0.3 is 4.79 Å². The molecule has 0 heterocycles. The van der Waals surface area contributed by atoms with E-state index in [2.05, 4.69) is 25.7 Å². The Hall–Kier alpha value is -0.373. The van der Waals surface area contributed by atoms with Gasteiger partial charge in [0.05, 0.1) is 8.07 Å². The van der Waals surface area contributed by atoms with Gasteiger partial charge in [-0.05, 0) is 24.7 Å². The van der Waals surface area contributed by atoms with Crippen molar-refractivity contribution in [1.29, 1.82) is 0 Å². The normalized spacial score (nSPS) is 37.8. The van der Waals surface area contributed by atoms with Crippen LogP contribution in [0.15, 0.2) is 11.3 Å². The van der Waals surface area contributed by atoms with Crippen molar-refractivity contribution in [2.45, 2.75) is 32.5 Å². The molecule has 0 aromatic carbocycles. The summed E-state index contributed by atoms with van der Waals surface area (Å²) >= 11 is 0. The molecule has 72 valence electrons. The van der Waals surface area contributed by atoms with Crippen LogP contribution in [0, 0.1) is 17.8 Å². The first kappa shape index (κ1) is 9.19. The maximum absolute atomic E-state index is 10.7. The lowest BCUT2D eigenvalue weighted by Crippen LogP contribution is -2.28. The van der Waals surface area contributed by atoms with Crippen molar-refractivity contribution in [1.82, 2.24) is 0 Å². The SMILES string of the molecule is C[Si](C)(C)C1=CC2CC1CC2C=O. The number of allylic oxidation sites excluding steroid dienone is 2. The van der Waals surface area contributed by atoms with E-state index in [9.17, 15) is 4.79 Å². The first-order chi connectivity index (χ1) is 6.02. The summed E-state index contributed by atoms with van der Waals surface area (Å²) < 4.78 is 0. The number of rotatable bonds is 2. The van der Waals surface area contributed by atoms with Crippen LogP contribution in [0.5, 0.6) is 0 Å². The van der Waals surface area contributed by atoms with Crippen molar-refractivity contribution in [2.75, 3.05) is 0 Å². The predicted octanol–water partition coefficient (Wildman–Crippen LogP) is 2.65. The first-order valence-corrected chi connectivity index (χ1v) is 8.70. The van der Waals surface area contributed by atoms with E-state index in [1.54, 1.807) is 5.20 Å². The Morgan fingerprint density at radius 2 is 2.08 bits per heavy atom.